The predicted octanol–water partition coefficient (Wildman–Crippen LogP) is 3.20. The van der Waals surface area contributed by atoms with Gasteiger partial charge in [0.25, 0.3) is 0 Å². The average Bonchev–Trinajstić information content (AvgIpc) is 2.83. The summed E-state index contributed by atoms with van der Waals surface area (Å²) in [5.74, 6) is -0.827. The van der Waals surface area contributed by atoms with Crippen molar-refractivity contribution in [1.82, 2.24) is 9.55 Å². The number of rotatable bonds is 8. The molecule has 1 aromatic carbocycles. The van der Waals surface area contributed by atoms with E-state index in [1.54, 1.807) is 7.11 Å². The molecular weight excluding hydrogens is 288 g/mol. The van der Waals surface area contributed by atoms with E-state index in [4.69, 9.17) is 9.84 Å². The Morgan fingerprint density at radius 2 is 2.24 bits per heavy atom. The van der Waals surface area contributed by atoms with Gasteiger partial charge in [0.1, 0.15) is 0 Å². The Hall–Kier alpha value is -1.53. The van der Waals surface area contributed by atoms with Crippen molar-refractivity contribution >= 4 is 28.8 Å². The van der Waals surface area contributed by atoms with Gasteiger partial charge in [0.2, 0.25) is 0 Å². The molecule has 0 saturated heterocycles. The summed E-state index contributed by atoms with van der Waals surface area (Å²) in [6.07, 6.45) is 2.00. The largest absolute Gasteiger partial charge is 0.481 e. The molecule has 0 amide bonds. The molecule has 2 aromatic rings. The highest BCUT2D eigenvalue weighted by molar-refractivity contribution is 7.99. The molecule has 0 saturated carbocycles. The van der Waals surface area contributed by atoms with Crippen LogP contribution in [0, 0.1) is 0 Å². The van der Waals surface area contributed by atoms with E-state index >= 15 is 0 Å². The van der Waals surface area contributed by atoms with Crippen molar-refractivity contribution in [3.63, 3.8) is 0 Å². The Balaban J connectivity index is 2.44. The number of nitrogens with zero attached hydrogens (tertiary/aromatic N) is 2. The molecule has 114 valence electrons. The Kier molecular flexibility index (Phi) is 5.64. The number of carboxylic acid groups (broad SMARTS) is 1. The van der Waals surface area contributed by atoms with E-state index in [2.05, 4.69) is 16.5 Å². The van der Waals surface area contributed by atoms with E-state index in [0.29, 0.717) is 6.61 Å². The lowest BCUT2D eigenvalue weighted by molar-refractivity contribution is -0.133. The van der Waals surface area contributed by atoms with Crippen LogP contribution in [-0.4, -0.2) is 40.1 Å². The van der Waals surface area contributed by atoms with Crippen LogP contribution in [-0.2, 0) is 9.53 Å². The molecule has 2 rings (SSSR count). The Morgan fingerprint density at radius 1 is 1.48 bits per heavy atom. The number of hydrogen-bond donors (Lipinski definition) is 1. The van der Waals surface area contributed by atoms with Crippen molar-refractivity contribution in [2.24, 2.45) is 0 Å². The fraction of sp³-hybridized carbons (Fsp3) is 0.467. The van der Waals surface area contributed by atoms with Crippen molar-refractivity contribution in [2.45, 2.75) is 31.0 Å². The first kappa shape index (κ1) is 15.9. The molecule has 0 spiro atoms. The molecule has 0 fully saturated rings. The maximum atomic E-state index is 10.8. The monoisotopic (exact) mass is 308 g/mol. The van der Waals surface area contributed by atoms with Crippen LogP contribution in [0.2, 0.25) is 0 Å². The smallest absolute Gasteiger partial charge is 0.313 e. The fourth-order valence-corrected chi connectivity index (χ4v) is 3.22. The number of imidazole rings is 1. The second-order valence-electron chi connectivity index (χ2n) is 4.83. The van der Waals surface area contributed by atoms with Crippen LogP contribution in [0.5, 0.6) is 0 Å². The van der Waals surface area contributed by atoms with E-state index in [1.807, 2.05) is 24.3 Å². The normalized spacial score (nSPS) is 12.7. The average molecular weight is 308 g/mol. The Morgan fingerprint density at radius 3 is 2.90 bits per heavy atom. The number of benzene rings is 1. The van der Waals surface area contributed by atoms with E-state index < -0.39 is 5.97 Å². The molecule has 21 heavy (non-hydrogen) atoms. The first-order valence-corrected chi connectivity index (χ1v) is 7.96. The summed E-state index contributed by atoms with van der Waals surface area (Å²) >= 11 is 1.26. The highest BCUT2D eigenvalue weighted by Crippen LogP contribution is 2.30. The van der Waals surface area contributed by atoms with Gasteiger partial charge >= 0.3 is 5.97 Å². The maximum Gasteiger partial charge on any atom is 0.313 e. The Bertz CT molecular complexity index is 606. The first-order chi connectivity index (χ1) is 10.2. The van der Waals surface area contributed by atoms with Gasteiger partial charge in [-0.15, -0.1) is 0 Å². The quantitative estimate of drug-likeness (QED) is 0.759. The van der Waals surface area contributed by atoms with Gasteiger partial charge in [-0.3, -0.25) is 4.79 Å². The second kappa shape index (κ2) is 7.47. The van der Waals surface area contributed by atoms with Crippen LogP contribution < -0.4 is 0 Å². The van der Waals surface area contributed by atoms with E-state index in [0.717, 1.165) is 29.0 Å². The predicted molar refractivity (Wildman–Crippen MR) is 83.9 cm³/mol. The molecule has 1 heterocycles. The SMILES string of the molecule is CCCC(COC)n1c(SCC(=O)O)nc2ccccc21. The molecule has 5 nitrogen and oxygen atoms in total. The molecule has 0 bridgehead atoms. The number of ether oxygens (including phenoxy) is 1. The van der Waals surface area contributed by atoms with Crippen LogP contribution in [0.15, 0.2) is 29.4 Å². The van der Waals surface area contributed by atoms with Gasteiger partial charge in [-0.1, -0.05) is 37.2 Å². The fourth-order valence-electron chi connectivity index (χ4n) is 2.42. The zero-order chi connectivity index (χ0) is 15.2. The van der Waals surface area contributed by atoms with Crippen molar-refractivity contribution in [1.29, 1.82) is 0 Å². The second-order valence-corrected chi connectivity index (χ2v) is 5.78. The van der Waals surface area contributed by atoms with Gasteiger partial charge in [0.15, 0.2) is 5.16 Å². The number of aromatic nitrogens is 2. The lowest BCUT2D eigenvalue weighted by Gasteiger charge is -2.20. The van der Waals surface area contributed by atoms with E-state index in [-0.39, 0.29) is 11.8 Å². The van der Waals surface area contributed by atoms with Crippen LogP contribution >= 0.6 is 11.8 Å². The van der Waals surface area contributed by atoms with Gasteiger partial charge in [0, 0.05) is 7.11 Å². The lowest BCUT2D eigenvalue weighted by atomic mass is 10.1. The highest BCUT2D eigenvalue weighted by atomic mass is 32.2. The molecular formula is C15H20N2O3S. The van der Waals surface area contributed by atoms with E-state index in [9.17, 15) is 4.79 Å². The highest BCUT2D eigenvalue weighted by Gasteiger charge is 2.19. The van der Waals surface area contributed by atoms with Gasteiger partial charge in [-0.05, 0) is 18.6 Å². The number of thioether (sulfide) groups is 1. The molecule has 0 aliphatic rings. The van der Waals surface area contributed by atoms with Crippen LogP contribution in [0.1, 0.15) is 25.8 Å². The summed E-state index contributed by atoms with van der Waals surface area (Å²) in [7, 11) is 1.69. The zero-order valence-electron chi connectivity index (χ0n) is 12.3. The zero-order valence-corrected chi connectivity index (χ0v) is 13.1. The minimum Gasteiger partial charge on any atom is -0.481 e. The number of fused-ring (bicyclic) bond motifs is 1. The minimum absolute atomic E-state index is 0.00908. The van der Waals surface area contributed by atoms with Crippen molar-refractivity contribution in [3.8, 4) is 0 Å². The summed E-state index contributed by atoms with van der Waals surface area (Å²) in [5, 5.41) is 9.65. The van der Waals surface area contributed by atoms with Crippen molar-refractivity contribution in [3.05, 3.63) is 24.3 Å². The van der Waals surface area contributed by atoms with Crippen molar-refractivity contribution < 1.29 is 14.6 Å². The number of aliphatic carboxylic acids is 1. The number of hydrogen-bond acceptors (Lipinski definition) is 4. The third-order valence-electron chi connectivity index (χ3n) is 3.23. The van der Waals surface area contributed by atoms with Gasteiger partial charge in [-0.2, -0.15) is 0 Å². The number of carbonyl (C=O) groups is 1. The molecule has 0 radical (unpaired) electrons. The summed E-state index contributed by atoms with van der Waals surface area (Å²) in [6.45, 7) is 2.72. The van der Waals surface area contributed by atoms with Crippen LogP contribution in [0.3, 0.4) is 0 Å². The van der Waals surface area contributed by atoms with Crippen LogP contribution in [0.25, 0.3) is 11.0 Å². The Labute approximate surface area is 128 Å². The number of carboxylic acids is 1. The number of para-hydroxylation sites is 2. The third-order valence-corrected chi connectivity index (χ3v) is 4.17. The van der Waals surface area contributed by atoms with Gasteiger partial charge in [0.05, 0.1) is 29.4 Å². The molecule has 1 atom stereocenters. The lowest BCUT2D eigenvalue weighted by Crippen LogP contribution is -2.16. The molecule has 1 aromatic heterocycles. The molecule has 0 aliphatic heterocycles. The van der Waals surface area contributed by atoms with Gasteiger partial charge < -0.3 is 14.4 Å². The molecule has 1 unspecified atom stereocenters. The first-order valence-electron chi connectivity index (χ1n) is 6.97. The van der Waals surface area contributed by atoms with E-state index in [1.165, 1.54) is 11.8 Å². The summed E-state index contributed by atoms with van der Waals surface area (Å²) in [6, 6.07) is 8.06. The van der Waals surface area contributed by atoms with Gasteiger partial charge in [-0.25, -0.2) is 4.98 Å². The van der Waals surface area contributed by atoms with Crippen LogP contribution in [0.4, 0.5) is 0 Å². The topological polar surface area (TPSA) is 64.3 Å². The number of methoxy groups -OCH3 is 1. The molecule has 6 heteroatoms. The standard InChI is InChI=1S/C15H20N2O3S/c1-3-6-11(9-20-2)17-13-8-5-4-7-12(13)16-15(17)21-10-14(18)19/h4-5,7-8,11H,3,6,9-10H2,1-2H3,(H,18,19). The summed E-state index contributed by atoms with van der Waals surface area (Å²) < 4.78 is 7.46. The maximum absolute atomic E-state index is 10.8. The molecule has 1 N–H and O–H groups in total. The third kappa shape index (κ3) is 3.77. The van der Waals surface area contributed by atoms with Crippen molar-refractivity contribution in [2.75, 3.05) is 19.5 Å². The minimum atomic E-state index is -0.836. The summed E-state index contributed by atoms with van der Waals surface area (Å²) in [5.41, 5.74) is 1.92. The molecule has 0 aliphatic carbocycles. The summed E-state index contributed by atoms with van der Waals surface area (Å²) in [4.78, 5) is 15.4.